The van der Waals surface area contributed by atoms with E-state index in [4.69, 9.17) is 18.9 Å². The predicted octanol–water partition coefficient (Wildman–Crippen LogP) is 1.13. The molecule has 4 N–H and O–H groups in total. The van der Waals surface area contributed by atoms with E-state index in [2.05, 4.69) is 0 Å². The lowest BCUT2D eigenvalue weighted by atomic mass is 9.86. The minimum Gasteiger partial charge on any atom is -0.497 e. The molecule has 2 aliphatic heterocycles. The topological polar surface area (TPSA) is 118 Å². The van der Waals surface area contributed by atoms with E-state index in [-0.39, 0.29) is 0 Å². The standard InChI is InChI=1S/C24H30O8/c1-29-15-7-5-13(6-8-15)10-14-11-17(23(30-2)24-16(14)4-3-9-31-24)22-21(28)20(27)19(26)18(12-25)32-22/h5-8,11,18-22,25-28H,3-4,9-10,12H2,1-2H3/t18-,19+,20+,21+,22+/m1/s1. The van der Waals surface area contributed by atoms with Crippen molar-refractivity contribution in [2.24, 2.45) is 0 Å². The van der Waals surface area contributed by atoms with E-state index in [9.17, 15) is 20.4 Å². The summed E-state index contributed by atoms with van der Waals surface area (Å²) in [5.41, 5.74) is 3.62. The summed E-state index contributed by atoms with van der Waals surface area (Å²) >= 11 is 0. The molecule has 0 amide bonds. The number of ether oxygens (including phenoxy) is 4. The first-order valence-electron chi connectivity index (χ1n) is 10.8. The van der Waals surface area contributed by atoms with Crippen LogP contribution in [-0.2, 0) is 17.6 Å². The molecule has 2 aromatic carbocycles. The largest absolute Gasteiger partial charge is 0.497 e. The molecule has 0 radical (unpaired) electrons. The van der Waals surface area contributed by atoms with E-state index >= 15 is 0 Å². The number of methoxy groups -OCH3 is 2. The predicted molar refractivity (Wildman–Crippen MR) is 115 cm³/mol. The number of aliphatic hydroxyl groups excluding tert-OH is 4. The van der Waals surface area contributed by atoms with Crippen LogP contribution in [0.2, 0.25) is 0 Å². The fourth-order valence-corrected chi connectivity index (χ4v) is 4.51. The van der Waals surface area contributed by atoms with Crippen LogP contribution < -0.4 is 14.2 Å². The molecular weight excluding hydrogens is 416 g/mol. The van der Waals surface area contributed by atoms with Crippen LogP contribution in [0.5, 0.6) is 17.2 Å². The molecule has 1 saturated heterocycles. The van der Waals surface area contributed by atoms with Gasteiger partial charge in [0, 0.05) is 11.1 Å². The van der Waals surface area contributed by atoms with Gasteiger partial charge in [-0.05, 0) is 48.6 Å². The Hall–Kier alpha value is -2.36. The Labute approximate surface area is 186 Å². The van der Waals surface area contributed by atoms with Crippen molar-refractivity contribution in [3.8, 4) is 17.2 Å². The highest BCUT2D eigenvalue weighted by Gasteiger charge is 2.45. The zero-order valence-corrected chi connectivity index (χ0v) is 18.2. The minimum absolute atomic E-state index is 0.433. The molecule has 32 heavy (non-hydrogen) atoms. The molecule has 0 saturated carbocycles. The van der Waals surface area contributed by atoms with Gasteiger partial charge in [-0.3, -0.25) is 0 Å². The number of aliphatic hydroxyl groups is 4. The van der Waals surface area contributed by atoms with Crippen molar-refractivity contribution >= 4 is 0 Å². The van der Waals surface area contributed by atoms with Gasteiger partial charge in [0.2, 0.25) is 0 Å². The molecule has 0 aromatic heterocycles. The minimum atomic E-state index is -1.47. The Balaban J connectivity index is 1.78. The normalized spacial score (nSPS) is 27.4. The summed E-state index contributed by atoms with van der Waals surface area (Å²) < 4.78 is 22.7. The van der Waals surface area contributed by atoms with Crippen LogP contribution in [0.15, 0.2) is 30.3 Å². The van der Waals surface area contributed by atoms with Crippen molar-refractivity contribution in [2.45, 2.75) is 49.8 Å². The molecule has 8 nitrogen and oxygen atoms in total. The molecule has 0 bridgehead atoms. The van der Waals surface area contributed by atoms with Crippen LogP contribution in [0.25, 0.3) is 0 Å². The maximum absolute atomic E-state index is 10.7. The van der Waals surface area contributed by atoms with Crippen molar-refractivity contribution in [3.05, 3.63) is 52.6 Å². The van der Waals surface area contributed by atoms with Gasteiger partial charge in [-0.15, -0.1) is 0 Å². The summed E-state index contributed by atoms with van der Waals surface area (Å²) in [5, 5.41) is 40.8. The fraction of sp³-hybridized carbons (Fsp3) is 0.500. The third kappa shape index (κ3) is 4.16. The third-order valence-electron chi connectivity index (χ3n) is 6.23. The first-order valence-corrected chi connectivity index (χ1v) is 10.8. The summed E-state index contributed by atoms with van der Waals surface area (Å²) in [6.07, 6.45) is -4.00. The van der Waals surface area contributed by atoms with Gasteiger partial charge < -0.3 is 39.4 Å². The zero-order chi connectivity index (χ0) is 22.8. The summed E-state index contributed by atoms with van der Waals surface area (Å²) in [6, 6.07) is 9.70. The average molecular weight is 446 g/mol. The van der Waals surface area contributed by atoms with Crippen LogP contribution in [0.3, 0.4) is 0 Å². The van der Waals surface area contributed by atoms with Gasteiger partial charge in [-0.2, -0.15) is 0 Å². The van der Waals surface area contributed by atoms with Crippen molar-refractivity contribution in [1.29, 1.82) is 0 Å². The number of rotatable bonds is 6. The summed E-state index contributed by atoms with van der Waals surface area (Å²) in [7, 11) is 3.14. The van der Waals surface area contributed by atoms with Crippen molar-refractivity contribution < 1.29 is 39.4 Å². The van der Waals surface area contributed by atoms with Gasteiger partial charge in [0.05, 0.1) is 27.4 Å². The maximum Gasteiger partial charge on any atom is 0.166 e. The highest BCUT2D eigenvalue weighted by Crippen LogP contribution is 2.46. The Kier molecular flexibility index (Phi) is 6.88. The molecule has 2 heterocycles. The van der Waals surface area contributed by atoms with E-state index in [0.717, 1.165) is 35.3 Å². The highest BCUT2D eigenvalue weighted by molar-refractivity contribution is 5.58. The van der Waals surface area contributed by atoms with E-state index in [1.807, 2.05) is 30.3 Å². The molecule has 4 rings (SSSR count). The number of benzene rings is 2. The lowest BCUT2D eigenvalue weighted by Gasteiger charge is -2.41. The molecule has 0 aliphatic carbocycles. The second-order valence-electron chi connectivity index (χ2n) is 8.19. The summed E-state index contributed by atoms with van der Waals surface area (Å²) in [4.78, 5) is 0. The maximum atomic E-state index is 10.7. The SMILES string of the molecule is COc1ccc(Cc2cc([C@@H]3O[C@H](CO)[C@H](O)[C@H](O)[C@@H]3O)c(OC)c3c2CCCO3)cc1. The van der Waals surface area contributed by atoms with E-state index in [1.165, 1.54) is 7.11 Å². The number of fused-ring (bicyclic) bond motifs is 1. The van der Waals surface area contributed by atoms with Gasteiger partial charge >= 0.3 is 0 Å². The first-order chi connectivity index (χ1) is 15.5. The van der Waals surface area contributed by atoms with Crippen LogP contribution in [0, 0.1) is 0 Å². The molecule has 1 fully saturated rings. The monoisotopic (exact) mass is 446 g/mol. The van der Waals surface area contributed by atoms with Gasteiger partial charge in [-0.25, -0.2) is 0 Å². The van der Waals surface area contributed by atoms with Gasteiger partial charge in [-0.1, -0.05) is 12.1 Å². The molecule has 8 heteroatoms. The second-order valence-corrected chi connectivity index (χ2v) is 8.19. The van der Waals surface area contributed by atoms with Crippen LogP contribution in [-0.4, -0.2) is 72.3 Å². The van der Waals surface area contributed by atoms with E-state index < -0.39 is 37.1 Å². The van der Waals surface area contributed by atoms with E-state index in [1.54, 1.807) is 7.11 Å². The molecule has 0 spiro atoms. The van der Waals surface area contributed by atoms with Crippen LogP contribution in [0.4, 0.5) is 0 Å². The Morgan fingerprint density at radius 3 is 2.41 bits per heavy atom. The summed E-state index contributed by atoms with van der Waals surface area (Å²) in [5.74, 6) is 1.81. The van der Waals surface area contributed by atoms with Crippen molar-refractivity contribution in [3.63, 3.8) is 0 Å². The number of hydrogen-bond donors (Lipinski definition) is 4. The second kappa shape index (κ2) is 9.64. The van der Waals surface area contributed by atoms with Crippen molar-refractivity contribution in [2.75, 3.05) is 27.4 Å². The smallest absolute Gasteiger partial charge is 0.166 e. The molecule has 0 unspecified atom stereocenters. The van der Waals surface area contributed by atoms with E-state index in [0.29, 0.717) is 30.1 Å². The Bertz CT molecular complexity index is 927. The first kappa shape index (κ1) is 22.8. The highest BCUT2D eigenvalue weighted by atomic mass is 16.5. The molecule has 174 valence electrons. The molecular formula is C24H30O8. The third-order valence-corrected chi connectivity index (χ3v) is 6.23. The molecule has 2 aliphatic rings. The lowest BCUT2D eigenvalue weighted by molar-refractivity contribution is -0.232. The Morgan fingerprint density at radius 2 is 1.75 bits per heavy atom. The van der Waals surface area contributed by atoms with Gasteiger partial charge in [0.1, 0.15) is 36.3 Å². The average Bonchev–Trinajstić information content (AvgIpc) is 2.83. The zero-order valence-electron chi connectivity index (χ0n) is 18.2. The van der Waals surface area contributed by atoms with Crippen molar-refractivity contribution in [1.82, 2.24) is 0 Å². The summed E-state index contributed by atoms with van der Waals surface area (Å²) in [6.45, 7) is 0.0490. The molecule has 5 atom stereocenters. The Morgan fingerprint density at radius 1 is 1.00 bits per heavy atom. The number of hydrogen-bond acceptors (Lipinski definition) is 8. The van der Waals surface area contributed by atoms with Gasteiger partial charge in [0.15, 0.2) is 11.5 Å². The van der Waals surface area contributed by atoms with Crippen LogP contribution in [0.1, 0.15) is 34.8 Å². The lowest BCUT2D eigenvalue weighted by Crippen LogP contribution is -2.55. The van der Waals surface area contributed by atoms with Gasteiger partial charge in [0.25, 0.3) is 0 Å². The molecule has 2 aromatic rings. The quantitative estimate of drug-likeness (QED) is 0.522. The fourth-order valence-electron chi connectivity index (χ4n) is 4.51. The van der Waals surface area contributed by atoms with Crippen LogP contribution >= 0.6 is 0 Å².